The average molecular weight is 375 g/mol. The molecule has 0 saturated heterocycles. The maximum absolute atomic E-state index is 5.20. The summed E-state index contributed by atoms with van der Waals surface area (Å²) in [6.45, 7) is 1.31. The highest BCUT2D eigenvalue weighted by atomic mass is 32.1. The van der Waals surface area contributed by atoms with Gasteiger partial charge in [0.05, 0.1) is 18.0 Å². The molecule has 1 aromatic heterocycles. The number of hydrogen-bond donors (Lipinski definition) is 1. The lowest BCUT2D eigenvalue weighted by molar-refractivity contribution is 0.203. The highest BCUT2D eigenvalue weighted by Gasteiger charge is 2.25. The van der Waals surface area contributed by atoms with E-state index >= 15 is 0 Å². The van der Waals surface area contributed by atoms with Crippen molar-refractivity contribution < 1.29 is 4.74 Å². The van der Waals surface area contributed by atoms with Crippen molar-refractivity contribution in [2.45, 2.75) is 6.04 Å². The van der Waals surface area contributed by atoms with Crippen molar-refractivity contribution in [3.05, 3.63) is 88.1 Å². The Morgan fingerprint density at radius 3 is 2.59 bits per heavy atom. The molecule has 1 aliphatic heterocycles. The summed E-state index contributed by atoms with van der Waals surface area (Å²) in [6.07, 6.45) is 0. The van der Waals surface area contributed by atoms with E-state index in [1.54, 1.807) is 18.4 Å². The number of thiophene rings is 1. The second kappa shape index (κ2) is 8.29. The third-order valence-electron chi connectivity index (χ3n) is 4.39. The molecule has 1 N–H and O–H groups in total. The first kappa shape index (κ1) is 17.6. The number of aliphatic imine (C=N–C) groups is 2. The van der Waals surface area contributed by atoms with E-state index in [0.29, 0.717) is 13.2 Å². The topological polar surface area (TPSA) is 46.0 Å². The molecule has 0 bridgehead atoms. The van der Waals surface area contributed by atoms with Crippen LogP contribution in [0.4, 0.5) is 5.69 Å². The van der Waals surface area contributed by atoms with Gasteiger partial charge in [0, 0.05) is 29.7 Å². The third kappa shape index (κ3) is 3.84. The summed E-state index contributed by atoms with van der Waals surface area (Å²) >= 11 is 1.70. The number of nitrogens with one attached hydrogen (secondary N) is 1. The lowest BCUT2D eigenvalue weighted by Crippen LogP contribution is -2.31. The maximum atomic E-state index is 5.20. The van der Waals surface area contributed by atoms with Gasteiger partial charge < -0.3 is 10.1 Å². The number of methoxy groups -OCH3 is 1. The van der Waals surface area contributed by atoms with Crippen LogP contribution in [-0.4, -0.2) is 31.8 Å². The molecule has 2 heterocycles. The third-order valence-corrected chi connectivity index (χ3v) is 5.31. The molecule has 0 radical (unpaired) electrons. The van der Waals surface area contributed by atoms with Gasteiger partial charge in [-0.05, 0) is 17.5 Å². The van der Waals surface area contributed by atoms with Crippen LogP contribution in [-0.2, 0) is 4.74 Å². The van der Waals surface area contributed by atoms with E-state index < -0.39 is 0 Å². The summed E-state index contributed by atoms with van der Waals surface area (Å²) in [5.41, 5.74) is 4.05. The van der Waals surface area contributed by atoms with Crippen LogP contribution in [0.3, 0.4) is 0 Å². The number of rotatable bonds is 5. The predicted molar refractivity (Wildman–Crippen MR) is 113 cm³/mol. The molecule has 1 aliphatic rings. The molecule has 136 valence electrons. The Hall–Kier alpha value is -2.76. The molecule has 0 saturated carbocycles. The van der Waals surface area contributed by atoms with Gasteiger partial charge in [-0.3, -0.25) is 4.99 Å². The van der Waals surface area contributed by atoms with E-state index in [1.807, 2.05) is 36.4 Å². The van der Waals surface area contributed by atoms with Gasteiger partial charge in [0.1, 0.15) is 11.9 Å². The van der Waals surface area contributed by atoms with Gasteiger partial charge in [-0.15, -0.1) is 11.3 Å². The Morgan fingerprint density at radius 1 is 1.00 bits per heavy atom. The SMILES string of the molecule is COCCNC1=Nc2ccccc2C(c2ccccc2)=NC1c1cccs1. The second-order valence-corrected chi connectivity index (χ2v) is 7.17. The van der Waals surface area contributed by atoms with Crippen LogP contribution in [0.1, 0.15) is 22.0 Å². The van der Waals surface area contributed by atoms with Gasteiger partial charge in [-0.1, -0.05) is 54.6 Å². The fourth-order valence-corrected chi connectivity index (χ4v) is 3.88. The summed E-state index contributed by atoms with van der Waals surface area (Å²) in [5, 5.41) is 5.52. The first-order valence-electron chi connectivity index (χ1n) is 8.94. The molecule has 5 heteroatoms. The van der Waals surface area contributed by atoms with E-state index in [1.165, 1.54) is 4.88 Å². The molecule has 3 aromatic rings. The molecule has 0 spiro atoms. The summed E-state index contributed by atoms with van der Waals surface area (Å²) in [7, 11) is 1.70. The molecule has 1 atom stereocenters. The minimum absolute atomic E-state index is 0.163. The van der Waals surface area contributed by atoms with Crippen LogP contribution in [0.5, 0.6) is 0 Å². The van der Waals surface area contributed by atoms with E-state index in [0.717, 1.165) is 28.4 Å². The van der Waals surface area contributed by atoms with E-state index in [-0.39, 0.29) is 6.04 Å². The number of nitrogens with zero attached hydrogens (tertiary/aromatic N) is 2. The van der Waals surface area contributed by atoms with E-state index in [9.17, 15) is 0 Å². The highest BCUT2D eigenvalue weighted by molar-refractivity contribution is 7.10. The summed E-state index contributed by atoms with van der Waals surface area (Å²) in [4.78, 5) is 11.3. The zero-order valence-electron chi connectivity index (χ0n) is 15.1. The fourth-order valence-electron chi connectivity index (χ4n) is 3.11. The average Bonchev–Trinajstić information content (AvgIpc) is 3.19. The second-order valence-electron chi connectivity index (χ2n) is 6.20. The van der Waals surface area contributed by atoms with E-state index in [2.05, 4.69) is 41.0 Å². The van der Waals surface area contributed by atoms with Gasteiger partial charge in [0.25, 0.3) is 0 Å². The zero-order valence-corrected chi connectivity index (χ0v) is 15.9. The molecule has 2 aromatic carbocycles. The normalized spacial score (nSPS) is 16.1. The molecule has 1 unspecified atom stereocenters. The number of ether oxygens (including phenoxy) is 1. The van der Waals surface area contributed by atoms with Gasteiger partial charge >= 0.3 is 0 Å². The van der Waals surface area contributed by atoms with Crippen molar-refractivity contribution in [2.75, 3.05) is 20.3 Å². The Morgan fingerprint density at radius 2 is 1.81 bits per heavy atom. The van der Waals surface area contributed by atoms with Crippen molar-refractivity contribution in [3.63, 3.8) is 0 Å². The first-order chi connectivity index (χ1) is 13.4. The quantitative estimate of drug-likeness (QED) is 0.662. The van der Waals surface area contributed by atoms with Crippen molar-refractivity contribution in [1.29, 1.82) is 0 Å². The monoisotopic (exact) mass is 375 g/mol. The molecular weight excluding hydrogens is 354 g/mol. The molecule has 27 heavy (non-hydrogen) atoms. The molecule has 0 aliphatic carbocycles. The van der Waals surface area contributed by atoms with Crippen LogP contribution >= 0.6 is 11.3 Å². The standard InChI is InChI=1S/C22H21N3OS/c1-26-14-13-23-22-21(19-12-7-15-27-19)25-20(16-8-3-2-4-9-16)17-10-5-6-11-18(17)24-22/h2-12,15,21H,13-14H2,1H3,(H,23,24). The minimum Gasteiger partial charge on any atom is -0.383 e. The highest BCUT2D eigenvalue weighted by Crippen LogP contribution is 2.33. The maximum Gasteiger partial charge on any atom is 0.142 e. The summed E-state index contributed by atoms with van der Waals surface area (Å²) < 4.78 is 5.20. The van der Waals surface area contributed by atoms with Crippen molar-refractivity contribution >= 4 is 28.6 Å². The summed E-state index contributed by atoms with van der Waals surface area (Å²) in [5.74, 6) is 0.855. The Balaban J connectivity index is 1.86. The largest absolute Gasteiger partial charge is 0.383 e. The Kier molecular flexibility index (Phi) is 5.42. The molecule has 4 nitrogen and oxygen atoms in total. The van der Waals surface area contributed by atoms with Crippen LogP contribution in [0, 0.1) is 0 Å². The Bertz CT molecular complexity index is 949. The van der Waals surface area contributed by atoms with Crippen LogP contribution in [0.2, 0.25) is 0 Å². The zero-order chi connectivity index (χ0) is 18.5. The fraction of sp³-hybridized carbons (Fsp3) is 0.182. The molecular formula is C22H21N3OS. The van der Waals surface area contributed by atoms with Crippen LogP contribution in [0.25, 0.3) is 0 Å². The van der Waals surface area contributed by atoms with E-state index in [4.69, 9.17) is 14.7 Å². The van der Waals surface area contributed by atoms with Gasteiger partial charge in [-0.25, -0.2) is 4.99 Å². The van der Waals surface area contributed by atoms with Crippen LogP contribution < -0.4 is 5.32 Å². The van der Waals surface area contributed by atoms with Gasteiger partial charge in [0.15, 0.2) is 0 Å². The molecule has 0 amide bonds. The first-order valence-corrected chi connectivity index (χ1v) is 9.82. The minimum atomic E-state index is -0.163. The van der Waals surface area contributed by atoms with Crippen molar-refractivity contribution in [2.24, 2.45) is 9.98 Å². The number of hydrogen-bond acceptors (Lipinski definition) is 5. The lowest BCUT2D eigenvalue weighted by atomic mass is 10.0. The Labute approximate surface area is 163 Å². The smallest absolute Gasteiger partial charge is 0.142 e. The van der Waals surface area contributed by atoms with Crippen molar-refractivity contribution in [3.8, 4) is 0 Å². The number of para-hydroxylation sites is 1. The predicted octanol–water partition coefficient (Wildman–Crippen LogP) is 4.61. The lowest BCUT2D eigenvalue weighted by Gasteiger charge is -2.16. The number of benzene rings is 2. The van der Waals surface area contributed by atoms with Gasteiger partial charge in [0.2, 0.25) is 0 Å². The molecule has 4 rings (SSSR count). The van der Waals surface area contributed by atoms with Crippen molar-refractivity contribution in [1.82, 2.24) is 5.32 Å². The molecule has 0 fully saturated rings. The van der Waals surface area contributed by atoms with Crippen LogP contribution in [0.15, 0.2) is 82.1 Å². The van der Waals surface area contributed by atoms with Gasteiger partial charge in [-0.2, -0.15) is 0 Å². The number of amidine groups is 1. The number of fused-ring (bicyclic) bond motifs is 1. The summed E-state index contributed by atoms with van der Waals surface area (Å²) in [6, 6.07) is 22.5.